The first-order valence-electron chi connectivity index (χ1n) is 12.6. The first-order chi connectivity index (χ1) is 17.9. The highest BCUT2D eigenvalue weighted by Crippen LogP contribution is 2.34. The molecule has 196 valence electrons. The van der Waals surface area contributed by atoms with Gasteiger partial charge in [0.05, 0.1) is 17.1 Å². The summed E-state index contributed by atoms with van der Waals surface area (Å²) in [6, 6.07) is 11.4. The van der Waals surface area contributed by atoms with Crippen molar-refractivity contribution in [3.8, 4) is 16.9 Å². The molecule has 2 heterocycles. The molecular formula is C28H31ClFN3O4. The van der Waals surface area contributed by atoms with Gasteiger partial charge in [-0.05, 0) is 68.1 Å². The van der Waals surface area contributed by atoms with E-state index < -0.39 is 18.0 Å². The van der Waals surface area contributed by atoms with E-state index in [-0.39, 0.29) is 11.9 Å². The van der Waals surface area contributed by atoms with Crippen LogP contribution in [0.25, 0.3) is 22.0 Å². The zero-order valence-corrected chi connectivity index (χ0v) is 21.8. The molecule has 0 spiro atoms. The van der Waals surface area contributed by atoms with Crippen molar-refractivity contribution in [2.24, 2.45) is 0 Å². The summed E-state index contributed by atoms with van der Waals surface area (Å²) in [4.78, 5) is 31.3. The van der Waals surface area contributed by atoms with Crippen LogP contribution in [0.3, 0.4) is 0 Å². The maximum atomic E-state index is 13.5. The minimum Gasteiger partial charge on any atom is -0.481 e. The molecule has 1 aliphatic rings. The van der Waals surface area contributed by atoms with Crippen molar-refractivity contribution in [1.82, 2.24) is 15.2 Å². The molecule has 1 saturated heterocycles. The number of carbonyl (C=O) groups is 2. The number of halogens is 2. The molecule has 0 radical (unpaired) electrons. The number of benzene rings is 2. The van der Waals surface area contributed by atoms with Crippen LogP contribution in [0.5, 0.6) is 5.75 Å². The normalized spacial score (nSPS) is 16.3. The summed E-state index contributed by atoms with van der Waals surface area (Å²) >= 11 is 6.28. The fourth-order valence-corrected chi connectivity index (χ4v) is 4.74. The van der Waals surface area contributed by atoms with E-state index in [4.69, 9.17) is 21.1 Å². The first-order valence-corrected chi connectivity index (χ1v) is 13.0. The summed E-state index contributed by atoms with van der Waals surface area (Å²) in [5.74, 6) is -0.0377. The Labute approximate surface area is 220 Å². The molecule has 1 N–H and O–H groups in total. The van der Waals surface area contributed by atoms with E-state index in [2.05, 4.69) is 10.3 Å². The monoisotopic (exact) mass is 527 g/mol. The third-order valence-electron chi connectivity index (χ3n) is 6.38. The van der Waals surface area contributed by atoms with E-state index in [1.165, 1.54) is 12.1 Å². The Hall–Kier alpha value is -3.39. The highest BCUT2D eigenvalue weighted by molar-refractivity contribution is 6.33. The lowest BCUT2D eigenvalue weighted by Gasteiger charge is -2.34. The molecule has 7 nitrogen and oxygen atoms in total. The number of nitrogens with zero attached hydrogens (tertiary/aromatic N) is 2. The third kappa shape index (κ3) is 6.68. The van der Waals surface area contributed by atoms with E-state index >= 15 is 0 Å². The Morgan fingerprint density at radius 2 is 2.05 bits per heavy atom. The van der Waals surface area contributed by atoms with Gasteiger partial charge in [0.25, 0.3) is 5.91 Å². The first kappa shape index (κ1) is 26.7. The molecule has 3 aromatic rings. The van der Waals surface area contributed by atoms with Crippen molar-refractivity contribution in [2.45, 2.75) is 51.7 Å². The van der Waals surface area contributed by atoms with Gasteiger partial charge in [-0.2, -0.15) is 0 Å². The SMILES string of the molecule is CCCCOC(=O)N[C@H]1CCCN(C(=O)[C@@H](C)Oc2ccc3c(-c4ccc(F)cc4Cl)ccnc3c2)C1. The topological polar surface area (TPSA) is 80.8 Å². The van der Waals surface area contributed by atoms with E-state index in [9.17, 15) is 14.0 Å². The fourth-order valence-electron chi connectivity index (χ4n) is 4.47. The van der Waals surface area contributed by atoms with Crippen LogP contribution in [-0.4, -0.2) is 53.7 Å². The van der Waals surface area contributed by atoms with Crippen LogP contribution in [0, 0.1) is 5.82 Å². The standard InChI is InChI=1S/C28H31ClFN3O4/c1-3-4-14-36-28(35)32-20-6-5-13-33(17-20)27(34)18(2)37-21-8-10-24-22(11-12-31-26(24)16-21)23-9-7-19(30)15-25(23)29/h7-12,15-16,18,20H,3-6,13-14,17H2,1-2H3,(H,32,35)/t18-,20+/m1/s1. The Morgan fingerprint density at radius 1 is 1.22 bits per heavy atom. The lowest BCUT2D eigenvalue weighted by Crippen LogP contribution is -2.52. The number of piperidine rings is 1. The minimum absolute atomic E-state index is 0.147. The summed E-state index contributed by atoms with van der Waals surface area (Å²) in [7, 11) is 0. The van der Waals surface area contributed by atoms with E-state index in [1.54, 1.807) is 36.2 Å². The van der Waals surface area contributed by atoms with Crippen LogP contribution in [-0.2, 0) is 9.53 Å². The van der Waals surface area contributed by atoms with Gasteiger partial charge in [0, 0.05) is 42.3 Å². The molecular weight excluding hydrogens is 497 g/mol. The van der Waals surface area contributed by atoms with Gasteiger partial charge in [-0.1, -0.05) is 24.9 Å². The van der Waals surface area contributed by atoms with Crippen LogP contribution in [0.4, 0.5) is 9.18 Å². The highest BCUT2D eigenvalue weighted by Gasteiger charge is 2.29. The van der Waals surface area contributed by atoms with Gasteiger partial charge < -0.3 is 19.7 Å². The van der Waals surface area contributed by atoms with Gasteiger partial charge >= 0.3 is 6.09 Å². The predicted octanol–water partition coefficient (Wildman–Crippen LogP) is 5.98. The van der Waals surface area contributed by atoms with Crippen LogP contribution in [0.1, 0.15) is 39.5 Å². The van der Waals surface area contributed by atoms with Crippen LogP contribution in [0.2, 0.25) is 5.02 Å². The molecule has 9 heteroatoms. The lowest BCUT2D eigenvalue weighted by molar-refractivity contribution is -0.139. The van der Waals surface area contributed by atoms with Gasteiger partial charge in [-0.3, -0.25) is 9.78 Å². The summed E-state index contributed by atoms with van der Waals surface area (Å²) in [6.45, 7) is 5.16. The van der Waals surface area contributed by atoms with Gasteiger partial charge in [-0.15, -0.1) is 0 Å². The second-order valence-electron chi connectivity index (χ2n) is 9.18. The number of fused-ring (bicyclic) bond motifs is 1. The van der Waals surface area contributed by atoms with Crippen molar-refractivity contribution >= 4 is 34.5 Å². The molecule has 2 atom stereocenters. The zero-order valence-electron chi connectivity index (χ0n) is 21.0. The average Bonchev–Trinajstić information content (AvgIpc) is 2.88. The predicted molar refractivity (Wildman–Crippen MR) is 141 cm³/mol. The smallest absolute Gasteiger partial charge is 0.407 e. The number of rotatable bonds is 8. The minimum atomic E-state index is -0.720. The zero-order chi connectivity index (χ0) is 26.4. The second-order valence-corrected chi connectivity index (χ2v) is 9.59. The molecule has 1 aliphatic heterocycles. The van der Waals surface area contributed by atoms with Crippen molar-refractivity contribution in [3.05, 3.63) is 59.5 Å². The Kier molecular flexibility index (Phi) is 8.82. The van der Waals surface area contributed by atoms with Crippen LogP contribution < -0.4 is 10.1 Å². The van der Waals surface area contributed by atoms with Crippen LogP contribution in [0.15, 0.2) is 48.7 Å². The van der Waals surface area contributed by atoms with E-state index in [0.29, 0.717) is 41.5 Å². The van der Waals surface area contributed by atoms with Crippen molar-refractivity contribution in [2.75, 3.05) is 19.7 Å². The van der Waals surface area contributed by atoms with E-state index in [1.807, 2.05) is 19.1 Å². The molecule has 0 unspecified atom stereocenters. The quantitative estimate of drug-likeness (QED) is 0.364. The van der Waals surface area contributed by atoms with Crippen molar-refractivity contribution < 1.29 is 23.5 Å². The summed E-state index contributed by atoms with van der Waals surface area (Å²) in [5, 5.41) is 4.01. The number of ether oxygens (including phenoxy) is 2. The van der Waals surface area contributed by atoms with Gasteiger partial charge in [0.2, 0.25) is 0 Å². The number of pyridine rings is 1. The largest absolute Gasteiger partial charge is 0.481 e. The average molecular weight is 528 g/mol. The van der Waals surface area contributed by atoms with Gasteiger partial charge in [0.1, 0.15) is 11.6 Å². The maximum absolute atomic E-state index is 13.5. The number of alkyl carbamates (subject to hydrolysis) is 1. The number of aromatic nitrogens is 1. The Bertz CT molecular complexity index is 1270. The Balaban J connectivity index is 1.41. The fraction of sp³-hybridized carbons (Fsp3) is 0.393. The molecule has 2 aromatic carbocycles. The maximum Gasteiger partial charge on any atom is 0.407 e. The van der Waals surface area contributed by atoms with E-state index in [0.717, 1.165) is 36.6 Å². The lowest BCUT2D eigenvalue weighted by atomic mass is 10.0. The molecule has 37 heavy (non-hydrogen) atoms. The summed E-state index contributed by atoms with van der Waals surface area (Å²) in [6.07, 6.45) is 3.84. The van der Waals surface area contributed by atoms with Gasteiger partial charge in [-0.25, -0.2) is 9.18 Å². The summed E-state index contributed by atoms with van der Waals surface area (Å²) < 4.78 is 24.7. The molecule has 0 aliphatic carbocycles. The summed E-state index contributed by atoms with van der Waals surface area (Å²) in [5.41, 5.74) is 2.19. The number of nitrogens with one attached hydrogen (secondary N) is 1. The number of hydrogen-bond donors (Lipinski definition) is 1. The number of amides is 2. The molecule has 2 amide bonds. The number of unbranched alkanes of at least 4 members (excludes halogenated alkanes) is 1. The number of likely N-dealkylation sites (tertiary alicyclic amines) is 1. The van der Waals surface area contributed by atoms with Gasteiger partial charge in [0.15, 0.2) is 6.10 Å². The van der Waals surface area contributed by atoms with Crippen molar-refractivity contribution in [3.63, 3.8) is 0 Å². The molecule has 1 fully saturated rings. The Morgan fingerprint density at radius 3 is 2.84 bits per heavy atom. The highest BCUT2D eigenvalue weighted by atomic mass is 35.5. The van der Waals surface area contributed by atoms with Crippen molar-refractivity contribution in [1.29, 1.82) is 0 Å². The third-order valence-corrected chi connectivity index (χ3v) is 6.69. The molecule has 4 rings (SSSR count). The molecule has 1 aromatic heterocycles. The molecule has 0 bridgehead atoms. The number of carbonyl (C=O) groups excluding carboxylic acids is 2. The molecule has 0 saturated carbocycles. The number of hydrogen-bond acceptors (Lipinski definition) is 5. The van der Waals surface area contributed by atoms with Crippen LogP contribution >= 0.6 is 11.6 Å². The second kappa shape index (κ2) is 12.2.